The van der Waals surface area contributed by atoms with Crippen molar-refractivity contribution in [3.63, 3.8) is 0 Å². The molecule has 0 radical (unpaired) electrons. The van der Waals surface area contributed by atoms with Crippen molar-refractivity contribution in [1.29, 1.82) is 0 Å². The molecular formula is C15H14BrF2NO2. The van der Waals surface area contributed by atoms with Crippen LogP contribution in [0, 0.1) is 11.6 Å². The third kappa shape index (κ3) is 3.15. The van der Waals surface area contributed by atoms with Gasteiger partial charge in [0.05, 0.1) is 16.1 Å². The van der Waals surface area contributed by atoms with E-state index in [4.69, 9.17) is 4.74 Å². The Morgan fingerprint density at radius 1 is 1.48 bits per heavy atom. The zero-order chi connectivity index (χ0) is 15.6. The van der Waals surface area contributed by atoms with E-state index in [0.29, 0.717) is 6.42 Å². The van der Waals surface area contributed by atoms with Gasteiger partial charge in [0.15, 0.2) is 0 Å². The van der Waals surface area contributed by atoms with Gasteiger partial charge in [0.2, 0.25) is 5.91 Å². The first-order valence-corrected chi connectivity index (χ1v) is 7.22. The topological polar surface area (TPSA) is 29.5 Å². The molecule has 1 aromatic carbocycles. The Kier molecular flexibility index (Phi) is 4.77. The SMILES string of the molecule is C=CCOc1cc(F)c(C2=CCC(Br)C(=O)N2C)c(F)c1. The Bertz CT molecular complexity index is 593. The zero-order valence-electron chi connectivity index (χ0n) is 11.4. The summed E-state index contributed by atoms with van der Waals surface area (Å²) in [6.45, 7) is 3.62. The van der Waals surface area contributed by atoms with Crippen molar-refractivity contribution >= 4 is 27.5 Å². The number of nitrogens with zero attached hydrogens (tertiary/aromatic N) is 1. The second-order valence-corrected chi connectivity index (χ2v) is 5.66. The maximum atomic E-state index is 14.2. The Morgan fingerprint density at radius 2 is 2.10 bits per heavy atom. The lowest BCUT2D eigenvalue weighted by atomic mass is 10.0. The van der Waals surface area contributed by atoms with Crippen molar-refractivity contribution in [1.82, 2.24) is 4.90 Å². The van der Waals surface area contributed by atoms with Crippen LogP contribution < -0.4 is 4.74 Å². The summed E-state index contributed by atoms with van der Waals surface area (Å²) in [7, 11) is 1.49. The molecule has 0 aliphatic carbocycles. The molecule has 1 unspecified atom stereocenters. The summed E-state index contributed by atoms with van der Waals surface area (Å²) in [6.07, 6.45) is 3.49. The van der Waals surface area contributed by atoms with Gasteiger partial charge in [-0.2, -0.15) is 0 Å². The van der Waals surface area contributed by atoms with Crippen LogP contribution in [0.1, 0.15) is 12.0 Å². The smallest absolute Gasteiger partial charge is 0.240 e. The van der Waals surface area contributed by atoms with E-state index in [2.05, 4.69) is 22.5 Å². The van der Waals surface area contributed by atoms with Crippen LogP contribution in [0.4, 0.5) is 8.78 Å². The molecule has 112 valence electrons. The van der Waals surface area contributed by atoms with Gasteiger partial charge in [0.25, 0.3) is 0 Å². The van der Waals surface area contributed by atoms with E-state index < -0.39 is 11.6 Å². The van der Waals surface area contributed by atoms with Crippen LogP contribution >= 0.6 is 15.9 Å². The first-order chi connectivity index (χ1) is 9.95. The number of alkyl halides is 1. The average molecular weight is 358 g/mol. The van der Waals surface area contributed by atoms with Crippen molar-refractivity contribution in [2.24, 2.45) is 0 Å². The van der Waals surface area contributed by atoms with Gasteiger partial charge in [-0.05, 0) is 6.42 Å². The first kappa shape index (κ1) is 15.7. The van der Waals surface area contributed by atoms with Crippen molar-refractivity contribution in [3.05, 3.63) is 48.1 Å². The molecule has 0 aromatic heterocycles. The zero-order valence-corrected chi connectivity index (χ0v) is 13.0. The lowest BCUT2D eigenvalue weighted by Gasteiger charge is -2.28. The molecule has 0 N–H and O–H groups in total. The van der Waals surface area contributed by atoms with Crippen LogP contribution in [0.15, 0.2) is 30.9 Å². The van der Waals surface area contributed by atoms with Gasteiger partial charge in [-0.1, -0.05) is 34.7 Å². The molecule has 6 heteroatoms. The number of ether oxygens (including phenoxy) is 1. The highest BCUT2D eigenvalue weighted by atomic mass is 79.9. The molecule has 3 nitrogen and oxygen atoms in total. The summed E-state index contributed by atoms with van der Waals surface area (Å²) < 4.78 is 33.5. The molecule has 1 atom stereocenters. The normalized spacial score (nSPS) is 18.5. The molecule has 0 saturated carbocycles. The number of benzene rings is 1. The van der Waals surface area contributed by atoms with Gasteiger partial charge in [-0.15, -0.1) is 0 Å². The number of hydrogen-bond donors (Lipinski definition) is 0. The molecule has 0 fully saturated rings. The average Bonchev–Trinajstić information content (AvgIpc) is 2.44. The Morgan fingerprint density at radius 3 is 2.67 bits per heavy atom. The quantitative estimate of drug-likeness (QED) is 0.609. The molecule has 1 aliphatic heterocycles. The fourth-order valence-corrected chi connectivity index (χ4v) is 2.58. The van der Waals surface area contributed by atoms with Crippen LogP contribution in [0.3, 0.4) is 0 Å². The molecule has 0 bridgehead atoms. The minimum Gasteiger partial charge on any atom is -0.489 e. The van der Waals surface area contributed by atoms with E-state index >= 15 is 0 Å². The lowest BCUT2D eigenvalue weighted by Crippen LogP contribution is -2.35. The molecule has 1 aromatic rings. The summed E-state index contributed by atoms with van der Waals surface area (Å²) in [5.74, 6) is -1.70. The van der Waals surface area contributed by atoms with Gasteiger partial charge < -0.3 is 9.64 Å². The van der Waals surface area contributed by atoms with E-state index in [9.17, 15) is 13.6 Å². The predicted octanol–water partition coefficient (Wildman–Crippen LogP) is 3.50. The Labute approximate surface area is 130 Å². The van der Waals surface area contributed by atoms with Crippen molar-refractivity contribution in [2.45, 2.75) is 11.2 Å². The van der Waals surface area contributed by atoms with Crippen LogP contribution in [0.2, 0.25) is 0 Å². The van der Waals surface area contributed by atoms with Gasteiger partial charge in [0.1, 0.15) is 24.0 Å². The van der Waals surface area contributed by atoms with Crippen LogP contribution in [-0.2, 0) is 4.79 Å². The molecule has 0 saturated heterocycles. The largest absolute Gasteiger partial charge is 0.489 e. The maximum Gasteiger partial charge on any atom is 0.240 e. The number of rotatable bonds is 4. The van der Waals surface area contributed by atoms with Crippen molar-refractivity contribution < 1.29 is 18.3 Å². The van der Waals surface area contributed by atoms with Crippen molar-refractivity contribution in [2.75, 3.05) is 13.7 Å². The monoisotopic (exact) mass is 357 g/mol. The van der Waals surface area contributed by atoms with E-state index in [1.807, 2.05) is 0 Å². The van der Waals surface area contributed by atoms with Crippen molar-refractivity contribution in [3.8, 4) is 5.75 Å². The molecule has 21 heavy (non-hydrogen) atoms. The molecule has 0 spiro atoms. The van der Waals surface area contributed by atoms with Gasteiger partial charge >= 0.3 is 0 Å². The Hall–Kier alpha value is -1.69. The van der Waals surface area contributed by atoms with Crippen LogP contribution in [0.25, 0.3) is 5.70 Å². The van der Waals surface area contributed by atoms with E-state index in [1.54, 1.807) is 6.08 Å². The number of allylic oxidation sites excluding steroid dienone is 1. The minimum absolute atomic E-state index is 0.0809. The minimum atomic E-state index is -0.770. The van der Waals surface area contributed by atoms with E-state index in [0.717, 1.165) is 12.1 Å². The molecule has 1 amide bonds. The van der Waals surface area contributed by atoms with Crippen LogP contribution in [0.5, 0.6) is 5.75 Å². The van der Waals surface area contributed by atoms with E-state index in [-0.39, 0.29) is 34.4 Å². The summed E-state index contributed by atoms with van der Waals surface area (Å²) >= 11 is 3.22. The molecule has 1 aliphatic rings. The number of carbonyl (C=O) groups is 1. The lowest BCUT2D eigenvalue weighted by molar-refractivity contribution is -0.126. The maximum absolute atomic E-state index is 14.2. The highest BCUT2D eigenvalue weighted by Crippen LogP contribution is 2.32. The molecular weight excluding hydrogens is 344 g/mol. The highest BCUT2D eigenvalue weighted by molar-refractivity contribution is 9.10. The first-order valence-electron chi connectivity index (χ1n) is 6.30. The number of hydrogen-bond acceptors (Lipinski definition) is 2. The predicted molar refractivity (Wildman–Crippen MR) is 80.1 cm³/mol. The second kappa shape index (κ2) is 6.39. The molecule has 2 rings (SSSR count). The van der Waals surface area contributed by atoms with E-state index in [1.165, 1.54) is 18.0 Å². The summed E-state index contributed by atoms with van der Waals surface area (Å²) in [5.41, 5.74) is -0.00262. The number of carbonyl (C=O) groups excluding carboxylic acids is 1. The number of amides is 1. The fourth-order valence-electron chi connectivity index (χ4n) is 2.08. The summed E-state index contributed by atoms with van der Waals surface area (Å²) in [6, 6.07) is 2.20. The fraction of sp³-hybridized carbons (Fsp3) is 0.267. The van der Waals surface area contributed by atoms with Gasteiger partial charge in [0, 0.05) is 19.2 Å². The van der Waals surface area contributed by atoms with Gasteiger partial charge in [-0.25, -0.2) is 8.78 Å². The number of halogens is 3. The third-order valence-electron chi connectivity index (χ3n) is 3.12. The summed E-state index contributed by atoms with van der Waals surface area (Å²) in [5, 5.41) is 0. The molecule has 1 heterocycles. The third-order valence-corrected chi connectivity index (χ3v) is 3.88. The second-order valence-electron chi connectivity index (χ2n) is 4.55. The van der Waals surface area contributed by atoms with Gasteiger partial charge in [-0.3, -0.25) is 4.79 Å². The Balaban J connectivity index is 2.40. The highest BCUT2D eigenvalue weighted by Gasteiger charge is 2.29. The standard InChI is InChI=1S/C15H14BrF2NO2/c1-3-6-21-9-7-11(17)14(12(18)8-9)13-5-4-10(16)15(20)19(13)2/h3,5,7-8,10H,1,4,6H2,2H3. The van der Waals surface area contributed by atoms with Crippen LogP contribution in [-0.4, -0.2) is 29.3 Å². The summed E-state index contributed by atoms with van der Waals surface area (Å²) in [4.78, 5) is 12.8.